The summed E-state index contributed by atoms with van der Waals surface area (Å²) in [5.41, 5.74) is 7.37. The van der Waals surface area contributed by atoms with Crippen LogP contribution in [0.15, 0.2) is 24.5 Å². The molecule has 0 saturated heterocycles. The van der Waals surface area contributed by atoms with E-state index in [0.717, 1.165) is 28.8 Å². The number of hydrogen-bond donors (Lipinski definition) is 2. The molecule has 0 aliphatic carbocycles. The van der Waals surface area contributed by atoms with Crippen molar-refractivity contribution in [1.82, 2.24) is 9.97 Å². The summed E-state index contributed by atoms with van der Waals surface area (Å²) in [6.45, 7) is 4.39. The standard InChI is InChI=1S/C14H20N4/c1-3-4-5-10(2)18-14-12-7-6-11(15)8-13(12)16-9-17-14/h6-10H,3-5,15H2,1-2H3,(H,16,17,18). The number of aromatic nitrogens is 2. The predicted molar refractivity (Wildman–Crippen MR) is 76.6 cm³/mol. The molecule has 0 saturated carbocycles. The molecule has 1 aromatic carbocycles. The van der Waals surface area contributed by atoms with Crippen molar-refractivity contribution in [3.8, 4) is 0 Å². The van der Waals surface area contributed by atoms with Gasteiger partial charge in [0.1, 0.15) is 12.1 Å². The summed E-state index contributed by atoms with van der Waals surface area (Å²) in [4.78, 5) is 8.56. The highest BCUT2D eigenvalue weighted by atomic mass is 15.0. The Labute approximate surface area is 108 Å². The van der Waals surface area contributed by atoms with Crippen LogP contribution in [0.3, 0.4) is 0 Å². The van der Waals surface area contributed by atoms with Crippen molar-refractivity contribution < 1.29 is 0 Å². The number of benzene rings is 1. The fourth-order valence-corrected chi connectivity index (χ4v) is 2.00. The molecule has 0 radical (unpaired) electrons. The van der Waals surface area contributed by atoms with Gasteiger partial charge in [-0.2, -0.15) is 0 Å². The van der Waals surface area contributed by atoms with Crippen LogP contribution >= 0.6 is 0 Å². The van der Waals surface area contributed by atoms with Gasteiger partial charge in [0.15, 0.2) is 0 Å². The predicted octanol–water partition coefficient (Wildman–Crippen LogP) is 3.20. The minimum atomic E-state index is 0.417. The van der Waals surface area contributed by atoms with E-state index in [-0.39, 0.29) is 0 Å². The fraction of sp³-hybridized carbons (Fsp3) is 0.429. The van der Waals surface area contributed by atoms with Gasteiger partial charge >= 0.3 is 0 Å². The summed E-state index contributed by atoms with van der Waals surface area (Å²) in [7, 11) is 0. The SMILES string of the molecule is CCCCC(C)Nc1ncnc2cc(N)ccc12. The molecular weight excluding hydrogens is 224 g/mol. The van der Waals surface area contributed by atoms with Gasteiger partial charge in [-0.1, -0.05) is 19.8 Å². The number of nitrogens with two attached hydrogens (primary N) is 1. The molecule has 0 amide bonds. The third kappa shape index (κ3) is 2.88. The Balaban J connectivity index is 2.22. The number of nitrogen functional groups attached to an aromatic ring is 1. The first-order chi connectivity index (χ1) is 8.70. The molecule has 1 unspecified atom stereocenters. The van der Waals surface area contributed by atoms with Gasteiger partial charge < -0.3 is 11.1 Å². The van der Waals surface area contributed by atoms with Crippen LogP contribution in [0.1, 0.15) is 33.1 Å². The largest absolute Gasteiger partial charge is 0.399 e. The van der Waals surface area contributed by atoms with Gasteiger partial charge in [0.2, 0.25) is 0 Å². The molecule has 2 aromatic rings. The molecule has 0 spiro atoms. The number of anilines is 2. The summed E-state index contributed by atoms with van der Waals surface area (Å²) >= 11 is 0. The van der Waals surface area contributed by atoms with E-state index >= 15 is 0 Å². The van der Waals surface area contributed by atoms with E-state index in [0.29, 0.717) is 6.04 Å². The van der Waals surface area contributed by atoms with Crippen LogP contribution in [0.5, 0.6) is 0 Å². The van der Waals surface area contributed by atoms with Crippen molar-refractivity contribution >= 4 is 22.4 Å². The van der Waals surface area contributed by atoms with Gasteiger partial charge in [-0.25, -0.2) is 9.97 Å². The monoisotopic (exact) mass is 244 g/mol. The summed E-state index contributed by atoms with van der Waals surface area (Å²) in [5.74, 6) is 0.892. The first-order valence-corrected chi connectivity index (χ1v) is 6.47. The van der Waals surface area contributed by atoms with Gasteiger partial charge in [-0.15, -0.1) is 0 Å². The maximum atomic E-state index is 5.76. The fourth-order valence-electron chi connectivity index (χ4n) is 2.00. The van der Waals surface area contributed by atoms with E-state index in [1.54, 1.807) is 6.33 Å². The Morgan fingerprint density at radius 1 is 1.33 bits per heavy atom. The molecule has 0 fully saturated rings. The van der Waals surface area contributed by atoms with E-state index in [4.69, 9.17) is 5.73 Å². The molecule has 1 heterocycles. The Morgan fingerprint density at radius 2 is 2.17 bits per heavy atom. The van der Waals surface area contributed by atoms with Crippen molar-refractivity contribution in [2.24, 2.45) is 0 Å². The zero-order valence-corrected chi connectivity index (χ0v) is 11.0. The number of rotatable bonds is 5. The summed E-state index contributed by atoms with van der Waals surface area (Å²) in [5, 5.41) is 4.47. The zero-order valence-electron chi connectivity index (χ0n) is 11.0. The Kier molecular flexibility index (Phi) is 3.97. The molecule has 18 heavy (non-hydrogen) atoms. The lowest BCUT2D eigenvalue weighted by Crippen LogP contribution is -2.16. The maximum Gasteiger partial charge on any atom is 0.137 e. The van der Waals surface area contributed by atoms with Gasteiger partial charge in [0.05, 0.1) is 5.52 Å². The van der Waals surface area contributed by atoms with Crippen LogP contribution in [0.4, 0.5) is 11.5 Å². The van der Waals surface area contributed by atoms with Crippen molar-refractivity contribution in [3.05, 3.63) is 24.5 Å². The van der Waals surface area contributed by atoms with Gasteiger partial charge in [-0.05, 0) is 31.5 Å². The molecule has 2 rings (SSSR count). The second-order valence-corrected chi connectivity index (χ2v) is 4.69. The van der Waals surface area contributed by atoms with E-state index in [1.165, 1.54) is 12.8 Å². The third-order valence-corrected chi connectivity index (χ3v) is 3.03. The molecule has 96 valence electrons. The number of nitrogens with zero attached hydrogens (tertiary/aromatic N) is 2. The second-order valence-electron chi connectivity index (χ2n) is 4.69. The average molecular weight is 244 g/mol. The average Bonchev–Trinajstić information content (AvgIpc) is 2.36. The van der Waals surface area contributed by atoms with Crippen LogP contribution in [0.2, 0.25) is 0 Å². The molecule has 0 aliphatic heterocycles. The quantitative estimate of drug-likeness (QED) is 0.793. The molecule has 1 aromatic heterocycles. The van der Waals surface area contributed by atoms with Crippen LogP contribution in [-0.2, 0) is 0 Å². The maximum absolute atomic E-state index is 5.76. The minimum Gasteiger partial charge on any atom is -0.399 e. The van der Waals surface area contributed by atoms with Crippen LogP contribution in [-0.4, -0.2) is 16.0 Å². The summed E-state index contributed by atoms with van der Waals surface area (Å²) in [6, 6.07) is 6.15. The highest BCUT2D eigenvalue weighted by Crippen LogP contribution is 2.22. The molecule has 3 N–H and O–H groups in total. The minimum absolute atomic E-state index is 0.417. The Hall–Kier alpha value is -1.84. The summed E-state index contributed by atoms with van der Waals surface area (Å²) < 4.78 is 0. The molecular formula is C14H20N4. The van der Waals surface area contributed by atoms with Crippen LogP contribution in [0, 0.1) is 0 Å². The van der Waals surface area contributed by atoms with E-state index in [2.05, 4.69) is 29.1 Å². The summed E-state index contributed by atoms with van der Waals surface area (Å²) in [6.07, 6.45) is 5.17. The van der Waals surface area contributed by atoms with Crippen LogP contribution in [0.25, 0.3) is 10.9 Å². The topological polar surface area (TPSA) is 63.8 Å². The van der Waals surface area contributed by atoms with Crippen molar-refractivity contribution in [2.45, 2.75) is 39.2 Å². The highest BCUT2D eigenvalue weighted by molar-refractivity contribution is 5.90. The van der Waals surface area contributed by atoms with E-state index in [1.807, 2.05) is 18.2 Å². The number of nitrogens with one attached hydrogen (secondary N) is 1. The molecule has 4 nitrogen and oxygen atoms in total. The third-order valence-electron chi connectivity index (χ3n) is 3.03. The Bertz CT molecular complexity index is 524. The lowest BCUT2D eigenvalue weighted by atomic mass is 10.1. The molecule has 0 bridgehead atoms. The highest BCUT2D eigenvalue weighted by Gasteiger charge is 2.07. The number of unbranched alkanes of at least 4 members (excludes halogenated alkanes) is 1. The normalized spacial score (nSPS) is 12.6. The van der Waals surface area contributed by atoms with E-state index < -0.39 is 0 Å². The van der Waals surface area contributed by atoms with E-state index in [9.17, 15) is 0 Å². The lowest BCUT2D eigenvalue weighted by Gasteiger charge is -2.15. The van der Waals surface area contributed by atoms with Crippen molar-refractivity contribution in [2.75, 3.05) is 11.1 Å². The van der Waals surface area contributed by atoms with Crippen molar-refractivity contribution in [3.63, 3.8) is 0 Å². The smallest absolute Gasteiger partial charge is 0.137 e. The molecule has 1 atom stereocenters. The molecule has 4 heteroatoms. The van der Waals surface area contributed by atoms with Gasteiger partial charge in [0, 0.05) is 17.1 Å². The Morgan fingerprint density at radius 3 is 2.94 bits per heavy atom. The van der Waals surface area contributed by atoms with Crippen LogP contribution < -0.4 is 11.1 Å². The van der Waals surface area contributed by atoms with Crippen molar-refractivity contribution in [1.29, 1.82) is 0 Å². The van der Waals surface area contributed by atoms with Gasteiger partial charge in [0.25, 0.3) is 0 Å². The molecule has 0 aliphatic rings. The number of fused-ring (bicyclic) bond motifs is 1. The lowest BCUT2D eigenvalue weighted by molar-refractivity contribution is 0.643. The number of hydrogen-bond acceptors (Lipinski definition) is 4. The first kappa shape index (κ1) is 12.6. The first-order valence-electron chi connectivity index (χ1n) is 6.47. The van der Waals surface area contributed by atoms with Gasteiger partial charge in [-0.3, -0.25) is 0 Å². The second kappa shape index (κ2) is 5.67. The zero-order chi connectivity index (χ0) is 13.0.